The Balaban J connectivity index is 2.26. The van der Waals surface area contributed by atoms with Crippen LogP contribution in [0.3, 0.4) is 0 Å². The van der Waals surface area contributed by atoms with Crippen molar-refractivity contribution in [3.63, 3.8) is 0 Å². The molecule has 0 radical (unpaired) electrons. The maximum atomic E-state index is 11.8. The average molecular weight is 293 g/mol. The molecule has 5 heteroatoms. The Kier molecular flexibility index (Phi) is 4.70. The molecule has 1 amide bonds. The summed E-state index contributed by atoms with van der Waals surface area (Å²) < 4.78 is 0. The second-order valence-electron chi connectivity index (χ2n) is 5.12. The molecule has 2 rings (SSSR count). The summed E-state index contributed by atoms with van der Waals surface area (Å²) in [6, 6.07) is 9.75. The Hall–Kier alpha value is -1.49. The predicted octanol–water partition coefficient (Wildman–Crippen LogP) is 2.68. The smallest absolute Gasteiger partial charge is 0.330 e. The number of hydrogen-bond acceptors (Lipinski definition) is 3. The van der Waals surface area contributed by atoms with Gasteiger partial charge in [-0.3, -0.25) is 4.79 Å². The fourth-order valence-corrected chi connectivity index (χ4v) is 4.13. The van der Waals surface area contributed by atoms with Crippen LogP contribution in [0.4, 0.5) is 0 Å². The molecule has 108 valence electrons. The Morgan fingerprint density at radius 2 is 2.00 bits per heavy atom. The number of nitrogens with one attached hydrogen (secondary N) is 1. The van der Waals surface area contributed by atoms with Crippen LogP contribution in [0.25, 0.3) is 0 Å². The Bertz CT molecular complexity index is 491. The highest BCUT2D eigenvalue weighted by molar-refractivity contribution is 8.00. The first-order chi connectivity index (χ1) is 9.54. The number of carbonyl (C=O) groups excluding carboxylic acids is 1. The van der Waals surface area contributed by atoms with Crippen LogP contribution in [0, 0.1) is 0 Å². The Morgan fingerprint density at radius 3 is 2.60 bits per heavy atom. The summed E-state index contributed by atoms with van der Waals surface area (Å²) in [7, 11) is 0. The van der Waals surface area contributed by atoms with E-state index in [1.165, 1.54) is 6.92 Å². The van der Waals surface area contributed by atoms with Crippen LogP contribution in [-0.2, 0) is 9.59 Å². The summed E-state index contributed by atoms with van der Waals surface area (Å²) in [5.41, 5.74) is -1.15. The fourth-order valence-electron chi connectivity index (χ4n) is 2.72. The SMILES string of the molecule is CC(=O)NC1(C(=O)O)CCCCC1Sc1ccccc1. The molecule has 1 aromatic rings. The summed E-state index contributed by atoms with van der Waals surface area (Å²) in [4.78, 5) is 24.3. The highest BCUT2D eigenvalue weighted by Gasteiger charge is 2.48. The van der Waals surface area contributed by atoms with Gasteiger partial charge in [0.05, 0.1) is 0 Å². The Morgan fingerprint density at radius 1 is 1.30 bits per heavy atom. The van der Waals surface area contributed by atoms with Gasteiger partial charge in [-0.2, -0.15) is 0 Å². The number of amides is 1. The minimum absolute atomic E-state index is 0.139. The number of carboxylic acid groups (broad SMARTS) is 1. The first-order valence-corrected chi connectivity index (χ1v) is 7.66. The molecule has 1 fully saturated rings. The van der Waals surface area contributed by atoms with Crippen LogP contribution < -0.4 is 5.32 Å². The molecule has 2 atom stereocenters. The van der Waals surface area contributed by atoms with Crippen LogP contribution in [0.15, 0.2) is 35.2 Å². The molecule has 2 N–H and O–H groups in total. The number of aliphatic carboxylic acids is 1. The number of benzene rings is 1. The molecular formula is C15H19NO3S. The van der Waals surface area contributed by atoms with Crippen LogP contribution in [0.5, 0.6) is 0 Å². The molecule has 1 aliphatic rings. The molecular weight excluding hydrogens is 274 g/mol. The molecule has 0 saturated heterocycles. The largest absolute Gasteiger partial charge is 0.479 e. The second-order valence-corrected chi connectivity index (χ2v) is 6.40. The van der Waals surface area contributed by atoms with E-state index in [2.05, 4.69) is 5.32 Å². The monoisotopic (exact) mass is 293 g/mol. The van der Waals surface area contributed by atoms with E-state index in [4.69, 9.17) is 0 Å². The first kappa shape index (κ1) is 14.9. The molecule has 1 aromatic carbocycles. The number of rotatable bonds is 4. The van der Waals surface area contributed by atoms with Crippen LogP contribution >= 0.6 is 11.8 Å². The molecule has 1 aliphatic carbocycles. The molecule has 4 nitrogen and oxygen atoms in total. The van der Waals surface area contributed by atoms with Gasteiger partial charge in [-0.15, -0.1) is 11.8 Å². The number of hydrogen-bond donors (Lipinski definition) is 2. The van der Waals surface area contributed by atoms with Gasteiger partial charge in [0.25, 0.3) is 0 Å². The number of carboxylic acids is 1. The van der Waals surface area contributed by atoms with Crippen molar-refractivity contribution in [2.75, 3.05) is 0 Å². The molecule has 0 heterocycles. The third kappa shape index (κ3) is 3.15. The van der Waals surface area contributed by atoms with E-state index in [0.717, 1.165) is 24.2 Å². The fraction of sp³-hybridized carbons (Fsp3) is 0.467. The summed E-state index contributed by atoms with van der Waals surface area (Å²) in [6.07, 6.45) is 3.12. The van der Waals surface area contributed by atoms with Gasteiger partial charge in [-0.25, -0.2) is 4.79 Å². The van der Waals surface area contributed by atoms with Gasteiger partial charge in [0.2, 0.25) is 5.91 Å². The molecule has 2 unspecified atom stereocenters. The molecule has 0 spiro atoms. The molecule has 0 aromatic heterocycles. The lowest BCUT2D eigenvalue weighted by Gasteiger charge is -2.40. The van der Waals surface area contributed by atoms with Crippen molar-refractivity contribution >= 4 is 23.6 Å². The van der Waals surface area contributed by atoms with Gasteiger partial charge in [-0.1, -0.05) is 31.0 Å². The third-order valence-electron chi connectivity index (χ3n) is 3.64. The van der Waals surface area contributed by atoms with Crippen molar-refractivity contribution in [1.82, 2.24) is 5.32 Å². The van der Waals surface area contributed by atoms with Gasteiger partial charge >= 0.3 is 5.97 Å². The molecule has 1 saturated carbocycles. The van der Waals surface area contributed by atoms with E-state index in [9.17, 15) is 14.7 Å². The van der Waals surface area contributed by atoms with E-state index in [1.54, 1.807) is 11.8 Å². The highest BCUT2D eigenvalue weighted by atomic mass is 32.2. The van der Waals surface area contributed by atoms with Crippen LogP contribution in [0.1, 0.15) is 32.6 Å². The zero-order valence-corrected chi connectivity index (χ0v) is 12.3. The summed E-state index contributed by atoms with van der Waals surface area (Å²) in [5, 5.41) is 12.2. The van der Waals surface area contributed by atoms with E-state index in [0.29, 0.717) is 6.42 Å². The lowest BCUT2D eigenvalue weighted by molar-refractivity contribution is -0.148. The zero-order valence-electron chi connectivity index (χ0n) is 11.5. The zero-order chi connectivity index (χ0) is 14.6. The second kappa shape index (κ2) is 6.31. The minimum Gasteiger partial charge on any atom is -0.479 e. The Labute approximate surface area is 123 Å². The molecule has 0 aliphatic heterocycles. The van der Waals surface area contributed by atoms with E-state index < -0.39 is 11.5 Å². The maximum absolute atomic E-state index is 11.8. The van der Waals surface area contributed by atoms with Crippen LogP contribution in [-0.4, -0.2) is 27.8 Å². The van der Waals surface area contributed by atoms with Crippen molar-refractivity contribution in [3.8, 4) is 0 Å². The van der Waals surface area contributed by atoms with Crippen molar-refractivity contribution in [2.24, 2.45) is 0 Å². The first-order valence-electron chi connectivity index (χ1n) is 6.78. The number of carbonyl (C=O) groups is 2. The summed E-state index contributed by atoms with van der Waals surface area (Å²) in [6.45, 7) is 1.38. The lowest BCUT2D eigenvalue weighted by Crippen LogP contribution is -2.61. The van der Waals surface area contributed by atoms with E-state index in [1.807, 2.05) is 30.3 Å². The summed E-state index contributed by atoms with van der Waals surface area (Å²) in [5.74, 6) is -1.21. The van der Waals surface area contributed by atoms with Gasteiger partial charge in [0.15, 0.2) is 0 Å². The van der Waals surface area contributed by atoms with Gasteiger partial charge in [-0.05, 0) is 25.0 Å². The average Bonchev–Trinajstić information content (AvgIpc) is 2.41. The van der Waals surface area contributed by atoms with Crippen molar-refractivity contribution in [2.45, 2.75) is 48.3 Å². The van der Waals surface area contributed by atoms with Gasteiger partial charge in [0, 0.05) is 17.1 Å². The van der Waals surface area contributed by atoms with Crippen LogP contribution in [0.2, 0.25) is 0 Å². The molecule has 0 bridgehead atoms. The standard InChI is InChI=1S/C15H19NO3S/c1-11(17)16-15(14(18)19)10-6-5-9-13(15)20-12-7-3-2-4-8-12/h2-4,7-8,13H,5-6,9-10H2,1H3,(H,16,17)(H,18,19). The quantitative estimate of drug-likeness (QED) is 0.895. The maximum Gasteiger partial charge on any atom is 0.330 e. The van der Waals surface area contributed by atoms with Gasteiger partial charge in [0.1, 0.15) is 5.54 Å². The van der Waals surface area contributed by atoms with E-state index in [-0.39, 0.29) is 11.2 Å². The predicted molar refractivity (Wildman–Crippen MR) is 78.7 cm³/mol. The van der Waals surface area contributed by atoms with Crippen molar-refractivity contribution in [1.29, 1.82) is 0 Å². The van der Waals surface area contributed by atoms with Crippen molar-refractivity contribution < 1.29 is 14.7 Å². The highest BCUT2D eigenvalue weighted by Crippen LogP contribution is 2.40. The lowest BCUT2D eigenvalue weighted by atomic mass is 9.81. The van der Waals surface area contributed by atoms with Crippen molar-refractivity contribution in [3.05, 3.63) is 30.3 Å². The normalized spacial score (nSPS) is 25.9. The topological polar surface area (TPSA) is 66.4 Å². The number of thioether (sulfide) groups is 1. The third-order valence-corrected chi connectivity index (χ3v) is 5.11. The summed E-state index contributed by atoms with van der Waals surface area (Å²) >= 11 is 1.55. The van der Waals surface area contributed by atoms with E-state index >= 15 is 0 Å². The van der Waals surface area contributed by atoms with Gasteiger partial charge < -0.3 is 10.4 Å². The molecule has 20 heavy (non-hydrogen) atoms. The minimum atomic E-state index is -1.15.